The first kappa shape index (κ1) is 14.1. The number of carbonyl (C=O) groups excluding carboxylic acids is 1. The molecule has 106 valence electrons. The summed E-state index contributed by atoms with van der Waals surface area (Å²) in [5.41, 5.74) is 0.0677. The van der Waals surface area contributed by atoms with Crippen molar-refractivity contribution in [2.75, 3.05) is 11.9 Å². The lowest BCUT2D eigenvalue weighted by Crippen LogP contribution is -2.20. The Bertz CT molecular complexity index is 646. The van der Waals surface area contributed by atoms with E-state index in [-0.39, 0.29) is 18.1 Å². The zero-order valence-electron chi connectivity index (χ0n) is 10.8. The minimum atomic E-state index is -1.09. The number of rotatable bonds is 5. The maximum absolute atomic E-state index is 11.7. The molecule has 0 radical (unpaired) electrons. The monoisotopic (exact) mass is 296 g/mol. The molecule has 0 unspecified atom stereocenters. The molecule has 0 atom stereocenters. The van der Waals surface area contributed by atoms with Crippen LogP contribution in [-0.2, 0) is 4.79 Å². The van der Waals surface area contributed by atoms with Crippen molar-refractivity contribution in [3.63, 3.8) is 0 Å². The molecule has 0 aliphatic rings. The van der Waals surface area contributed by atoms with E-state index in [1.165, 1.54) is 17.4 Å². The summed E-state index contributed by atoms with van der Waals surface area (Å²) in [7, 11) is 0. The number of thiophene rings is 1. The highest BCUT2D eigenvalue weighted by atomic mass is 32.1. The standard InChI is InChI=1S/C12H12N2O5S/c1-6-3-10(14-19-6)18-5-9(15)13-11-8(12(16)17)4-7(2)20-11/h3-4H,5H2,1-2H3,(H,13,15)(H,16,17). The first-order chi connectivity index (χ1) is 9.45. The quantitative estimate of drug-likeness (QED) is 0.875. The molecule has 0 aliphatic carbocycles. The lowest BCUT2D eigenvalue weighted by atomic mass is 10.3. The number of carbonyl (C=O) groups is 2. The van der Waals surface area contributed by atoms with Crippen LogP contribution in [0, 0.1) is 13.8 Å². The summed E-state index contributed by atoms with van der Waals surface area (Å²) in [6.07, 6.45) is 0. The number of nitrogens with one attached hydrogen (secondary N) is 1. The number of anilines is 1. The highest BCUT2D eigenvalue weighted by Gasteiger charge is 2.16. The van der Waals surface area contributed by atoms with Crippen molar-refractivity contribution >= 4 is 28.2 Å². The van der Waals surface area contributed by atoms with Crippen LogP contribution in [0.1, 0.15) is 21.0 Å². The molecular formula is C12H12N2O5S. The minimum absolute atomic E-state index is 0.0677. The summed E-state index contributed by atoms with van der Waals surface area (Å²) >= 11 is 1.19. The van der Waals surface area contributed by atoms with Crippen LogP contribution in [0.3, 0.4) is 0 Å². The van der Waals surface area contributed by atoms with Gasteiger partial charge in [0.15, 0.2) is 6.61 Å². The van der Waals surface area contributed by atoms with Gasteiger partial charge in [-0.1, -0.05) is 0 Å². The molecule has 20 heavy (non-hydrogen) atoms. The summed E-state index contributed by atoms with van der Waals surface area (Å²) in [5.74, 6) is -0.770. The van der Waals surface area contributed by atoms with Crippen LogP contribution in [-0.4, -0.2) is 28.7 Å². The van der Waals surface area contributed by atoms with Crippen LogP contribution in [0.2, 0.25) is 0 Å². The Morgan fingerprint density at radius 3 is 2.80 bits per heavy atom. The molecule has 0 aromatic carbocycles. The molecule has 0 spiro atoms. The van der Waals surface area contributed by atoms with Gasteiger partial charge in [-0.2, -0.15) is 0 Å². The van der Waals surface area contributed by atoms with Gasteiger partial charge in [0, 0.05) is 10.9 Å². The first-order valence-corrected chi connectivity index (χ1v) is 6.47. The minimum Gasteiger partial charge on any atom is -0.478 e. The third kappa shape index (κ3) is 3.35. The van der Waals surface area contributed by atoms with Gasteiger partial charge in [-0.3, -0.25) is 4.79 Å². The molecule has 2 N–H and O–H groups in total. The predicted octanol–water partition coefficient (Wildman–Crippen LogP) is 2.07. The highest BCUT2D eigenvalue weighted by molar-refractivity contribution is 7.16. The maximum Gasteiger partial charge on any atom is 0.338 e. The van der Waals surface area contributed by atoms with E-state index in [0.717, 1.165) is 4.88 Å². The van der Waals surface area contributed by atoms with Crippen molar-refractivity contribution in [3.05, 3.63) is 28.3 Å². The topological polar surface area (TPSA) is 102 Å². The van der Waals surface area contributed by atoms with Crippen molar-refractivity contribution in [1.29, 1.82) is 0 Å². The molecular weight excluding hydrogens is 284 g/mol. The molecule has 2 aromatic heterocycles. The number of carboxylic acids is 1. The van der Waals surface area contributed by atoms with Gasteiger partial charge < -0.3 is 19.7 Å². The summed E-state index contributed by atoms with van der Waals surface area (Å²) in [4.78, 5) is 23.5. The lowest BCUT2D eigenvalue weighted by Gasteiger charge is -2.04. The van der Waals surface area contributed by atoms with Crippen LogP contribution >= 0.6 is 11.3 Å². The van der Waals surface area contributed by atoms with Crippen LogP contribution in [0.15, 0.2) is 16.7 Å². The van der Waals surface area contributed by atoms with Gasteiger partial charge in [-0.25, -0.2) is 4.79 Å². The van der Waals surface area contributed by atoms with E-state index in [2.05, 4.69) is 10.5 Å². The largest absolute Gasteiger partial charge is 0.478 e. The molecule has 0 fully saturated rings. The smallest absolute Gasteiger partial charge is 0.338 e. The second kappa shape index (κ2) is 5.74. The van der Waals surface area contributed by atoms with Crippen molar-refractivity contribution in [2.24, 2.45) is 0 Å². The Morgan fingerprint density at radius 1 is 1.45 bits per heavy atom. The van der Waals surface area contributed by atoms with E-state index in [4.69, 9.17) is 14.4 Å². The second-order valence-electron chi connectivity index (χ2n) is 4.02. The van der Waals surface area contributed by atoms with E-state index < -0.39 is 11.9 Å². The molecule has 0 saturated heterocycles. The van der Waals surface area contributed by atoms with Gasteiger partial charge in [-0.15, -0.1) is 11.3 Å². The van der Waals surface area contributed by atoms with Crippen LogP contribution in [0.5, 0.6) is 5.88 Å². The molecule has 2 heterocycles. The molecule has 0 saturated carbocycles. The number of carboxylic acid groups (broad SMARTS) is 1. The van der Waals surface area contributed by atoms with Gasteiger partial charge in [0.2, 0.25) is 0 Å². The number of nitrogens with zero attached hydrogens (tertiary/aromatic N) is 1. The third-order valence-electron chi connectivity index (χ3n) is 2.30. The van der Waals surface area contributed by atoms with Gasteiger partial charge in [0.25, 0.3) is 11.8 Å². The molecule has 0 aliphatic heterocycles. The Kier molecular flexibility index (Phi) is 4.04. The number of aromatic carboxylic acids is 1. The van der Waals surface area contributed by atoms with Crippen LogP contribution < -0.4 is 10.1 Å². The zero-order chi connectivity index (χ0) is 14.7. The molecule has 0 bridgehead atoms. The molecule has 8 heteroatoms. The van der Waals surface area contributed by atoms with Gasteiger partial charge in [-0.05, 0) is 25.1 Å². The molecule has 7 nitrogen and oxygen atoms in total. The number of aryl methyl sites for hydroxylation is 2. The normalized spacial score (nSPS) is 10.3. The fourth-order valence-electron chi connectivity index (χ4n) is 1.48. The first-order valence-electron chi connectivity index (χ1n) is 5.65. The summed E-state index contributed by atoms with van der Waals surface area (Å²) < 4.78 is 9.89. The molecule has 1 amide bonds. The average Bonchev–Trinajstić information content (AvgIpc) is 2.93. The SMILES string of the molecule is Cc1cc(OCC(=O)Nc2sc(C)cc2C(=O)O)no1. The van der Waals surface area contributed by atoms with E-state index in [1.54, 1.807) is 19.9 Å². The fourth-order valence-corrected chi connectivity index (χ4v) is 2.40. The Labute approximate surface area is 118 Å². The molecule has 2 aromatic rings. The van der Waals surface area contributed by atoms with Crippen LogP contribution in [0.4, 0.5) is 5.00 Å². The van der Waals surface area contributed by atoms with Crippen molar-refractivity contribution < 1.29 is 24.0 Å². The highest BCUT2D eigenvalue weighted by Crippen LogP contribution is 2.27. The van der Waals surface area contributed by atoms with E-state index in [0.29, 0.717) is 10.8 Å². The number of aromatic nitrogens is 1. The van der Waals surface area contributed by atoms with Crippen LogP contribution in [0.25, 0.3) is 0 Å². The lowest BCUT2D eigenvalue weighted by molar-refractivity contribution is -0.118. The number of hydrogen-bond acceptors (Lipinski definition) is 6. The number of ether oxygens (including phenoxy) is 1. The fraction of sp³-hybridized carbons (Fsp3) is 0.250. The average molecular weight is 296 g/mol. The maximum atomic E-state index is 11.7. The van der Waals surface area contributed by atoms with Gasteiger partial charge >= 0.3 is 5.97 Å². The Balaban J connectivity index is 1.96. The van der Waals surface area contributed by atoms with Crippen molar-refractivity contribution in [1.82, 2.24) is 5.16 Å². The van der Waals surface area contributed by atoms with Crippen molar-refractivity contribution in [2.45, 2.75) is 13.8 Å². The van der Waals surface area contributed by atoms with Gasteiger partial charge in [0.05, 0.1) is 5.56 Å². The predicted molar refractivity (Wildman–Crippen MR) is 71.4 cm³/mol. The third-order valence-corrected chi connectivity index (χ3v) is 3.26. The molecule has 2 rings (SSSR count). The van der Waals surface area contributed by atoms with Crippen molar-refractivity contribution in [3.8, 4) is 5.88 Å². The number of amides is 1. The van der Waals surface area contributed by atoms with Gasteiger partial charge in [0.1, 0.15) is 10.8 Å². The Hall–Kier alpha value is -2.35. The summed E-state index contributed by atoms with van der Waals surface area (Å²) in [6, 6.07) is 3.05. The van der Waals surface area contributed by atoms with E-state index in [9.17, 15) is 9.59 Å². The zero-order valence-corrected chi connectivity index (χ0v) is 11.6. The second-order valence-corrected chi connectivity index (χ2v) is 5.27. The Morgan fingerprint density at radius 2 is 2.20 bits per heavy atom. The summed E-state index contributed by atoms with van der Waals surface area (Å²) in [6.45, 7) is 3.19. The van der Waals surface area contributed by atoms with E-state index >= 15 is 0 Å². The van der Waals surface area contributed by atoms with E-state index in [1.807, 2.05) is 0 Å². The summed E-state index contributed by atoms with van der Waals surface area (Å²) in [5, 5.41) is 15.4. The number of hydrogen-bond donors (Lipinski definition) is 2.